The Hall–Kier alpha value is -2.63. The van der Waals surface area contributed by atoms with Gasteiger partial charge in [0.15, 0.2) is 11.6 Å². The molecule has 0 saturated carbocycles. The van der Waals surface area contributed by atoms with Crippen LogP contribution in [0.2, 0.25) is 0 Å². The molecule has 3 aromatic rings. The van der Waals surface area contributed by atoms with E-state index in [4.69, 9.17) is 10.2 Å². The zero-order valence-electron chi connectivity index (χ0n) is 8.68. The zero-order valence-corrected chi connectivity index (χ0v) is 8.68. The Bertz CT molecular complexity index is 711. The number of rotatable bonds is 1. The van der Waals surface area contributed by atoms with E-state index in [1.54, 1.807) is 6.07 Å². The van der Waals surface area contributed by atoms with Crippen molar-refractivity contribution in [2.45, 2.75) is 0 Å². The smallest absolute Gasteiger partial charge is 0.349 e. The number of nitrogens with two attached hydrogens (primary N) is 1. The van der Waals surface area contributed by atoms with Crippen LogP contribution in [0.1, 0.15) is 0 Å². The van der Waals surface area contributed by atoms with Crippen LogP contribution in [-0.4, -0.2) is 15.0 Å². The van der Waals surface area contributed by atoms with Crippen LogP contribution in [0.15, 0.2) is 39.5 Å². The van der Waals surface area contributed by atoms with Gasteiger partial charge in [0.1, 0.15) is 5.58 Å². The third-order valence-corrected chi connectivity index (χ3v) is 2.33. The number of para-hydroxylation sites is 1. The summed E-state index contributed by atoms with van der Waals surface area (Å²) in [6.45, 7) is 0. The summed E-state index contributed by atoms with van der Waals surface area (Å²) < 4.78 is 5.55. The molecule has 0 unspecified atom stereocenters. The second kappa shape index (κ2) is 3.44. The van der Waals surface area contributed by atoms with Crippen LogP contribution < -0.4 is 11.4 Å². The van der Waals surface area contributed by atoms with Gasteiger partial charge in [-0.05, 0) is 12.1 Å². The molecule has 1 aromatic carbocycles. The molecule has 84 valence electrons. The molecule has 0 aliphatic carbocycles. The predicted octanol–water partition coefficient (Wildman–Crippen LogP) is 1.16. The summed E-state index contributed by atoms with van der Waals surface area (Å²) in [5.41, 5.74) is 5.58. The maximum atomic E-state index is 11.2. The molecule has 0 spiro atoms. The van der Waals surface area contributed by atoms with Crippen molar-refractivity contribution < 1.29 is 4.42 Å². The molecule has 6 nitrogen and oxygen atoms in total. The van der Waals surface area contributed by atoms with Crippen molar-refractivity contribution in [3.8, 4) is 11.6 Å². The summed E-state index contributed by atoms with van der Waals surface area (Å²) in [6.07, 6.45) is 0. The van der Waals surface area contributed by atoms with Gasteiger partial charge in [0.2, 0.25) is 5.95 Å². The van der Waals surface area contributed by atoms with Gasteiger partial charge in [0.05, 0.1) is 0 Å². The molecule has 0 bridgehead atoms. The number of aromatic nitrogens is 3. The SMILES string of the molecule is Nc1nc(-c2cc3ccccc3o2)[nH]c(=O)n1. The summed E-state index contributed by atoms with van der Waals surface area (Å²) >= 11 is 0. The summed E-state index contributed by atoms with van der Waals surface area (Å²) in [6, 6.07) is 9.30. The maximum absolute atomic E-state index is 11.2. The quantitative estimate of drug-likeness (QED) is 0.651. The van der Waals surface area contributed by atoms with E-state index in [1.807, 2.05) is 24.3 Å². The number of nitrogens with one attached hydrogen (secondary N) is 1. The van der Waals surface area contributed by atoms with Crippen molar-refractivity contribution in [3.63, 3.8) is 0 Å². The minimum Gasteiger partial charge on any atom is -0.453 e. The lowest BCUT2D eigenvalue weighted by Gasteiger charge is -1.95. The lowest BCUT2D eigenvalue weighted by molar-refractivity contribution is 0.624. The van der Waals surface area contributed by atoms with Gasteiger partial charge in [-0.25, -0.2) is 4.79 Å². The van der Waals surface area contributed by atoms with Gasteiger partial charge in [-0.1, -0.05) is 18.2 Å². The molecule has 6 heteroatoms. The predicted molar refractivity (Wildman–Crippen MR) is 62.3 cm³/mol. The molecular formula is C11H8N4O2. The van der Waals surface area contributed by atoms with Crippen molar-refractivity contribution >= 4 is 16.9 Å². The number of aromatic amines is 1. The second-order valence-corrected chi connectivity index (χ2v) is 3.51. The maximum Gasteiger partial charge on any atom is 0.349 e. The van der Waals surface area contributed by atoms with Crippen molar-refractivity contribution in [1.29, 1.82) is 0 Å². The molecule has 0 saturated heterocycles. The number of H-pyrrole nitrogens is 1. The number of nitrogens with zero attached hydrogens (tertiary/aromatic N) is 2. The fraction of sp³-hybridized carbons (Fsp3) is 0. The van der Waals surface area contributed by atoms with E-state index in [-0.39, 0.29) is 11.8 Å². The highest BCUT2D eigenvalue weighted by molar-refractivity contribution is 5.81. The Balaban J connectivity index is 2.23. The second-order valence-electron chi connectivity index (χ2n) is 3.51. The Morgan fingerprint density at radius 1 is 1.24 bits per heavy atom. The topological polar surface area (TPSA) is 97.8 Å². The number of fused-ring (bicyclic) bond motifs is 1. The molecule has 0 amide bonds. The van der Waals surface area contributed by atoms with Crippen molar-refractivity contribution in [2.75, 3.05) is 5.73 Å². The van der Waals surface area contributed by atoms with Crippen LogP contribution in [-0.2, 0) is 0 Å². The molecule has 3 rings (SSSR count). The van der Waals surface area contributed by atoms with Gasteiger partial charge in [-0.3, -0.25) is 4.98 Å². The van der Waals surface area contributed by atoms with E-state index >= 15 is 0 Å². The fourth-order valence-electron chi connectivity index (χ4n) is 1.62. The van der Waals surface area contributed by atoms with Gasteiger partial charge in [-0.15, -0.1) is 0 Å². The highest BCUT2D eigenvalue weighted by atomic mass is 16.3. The molecule has 17 heavy (non-hydrogen) atoms. The summed E-state index contributed by atoms with van der Waals surface area (Å²) in [5, 5.41) is 0.931. The van der Waals surface area contributed by atoms with Gasteiger partial charge in [0.25, 0.3) is 0 Å². The van der Waals surface area contributed by atoms with E-state index in [9.17, 15) is 4.79 Å². The molecule has 0 radical (unpaired) electrons. The molecule has 0 aliphatic rings. The zero-order chi connectivity index (χ0) is 11.8. The fourth-order valence-corrected chi connectivity index (χ4v) is 1.62. The normalized spacial score (nSPS) is 10.8. The van der Waals surface area contributed by atoms with Crippen LogP contribution in [0.3, 0.4) is 0 Å². The number of benzene rings is 1. The average molecular weight is 228 g/mol. The third kappa shape index (κ3) is 1.65. The van der Waals surface area contributed by atoms with E-state index < -0.39 is 5.69 Å². The number of nitrogen functional groups attached to an aromatic ring is 1. The van der Waals surface area contributed by atoms with Crippen LogP contribution in [0.4, 0.5) is 5.95 Å². The number of furan rings is 1. The molecule has 0 aliphatic heterocycles. The minimum atomic E-state index is -0.548. The number of anilines is 1. The highest BCUT2D eigenvalue weighted by Crippen LogP contribution is 2.24. The highest BCUT2D eigenvalue weighted by Gasteiger charge is 2.09. The van der Waals surface area contributed by atoms with Gasteiger partial charge >= 0.3 is 5.69 Å². The molecular weight excluding hydrogens is 220 g/mol. The van der Waals surface area contributed by atoms with E-state index in [0.29, 0.717) is 5.76 Å². The van der Waals surface area contributed by atoms with Crippen LogP contribution in [0.25, 0.3) is 22.6 Å². The average Bonchev–Trinajstić information content (AvgIpc) is 2.71. The molecule has 2 aromatic heterocycles. The Morgan fingerprint density at radius 3 is 2.82 bits per heavy atom. The van der Waals surface area contributed by atoms with Gasteiger partial charge in [0, 0.05) is 5.39 Å². The lowest BCUT2D eigenvalue weighted by atomic mass is 10.2. The standard InChI is InChI=1S/C11H8N4O2/c12-10-13-9(14-11(16)15-10)8-5-6-3-1-2-4-7(6)17-8/h1-5H,(H3,12,13,14,15,16). The summed E-state index contributed by atoms with van der Waals surface area (Å²) in [7, 11) is 0. The largest absolute Gasteiger partial charge is 0.453 e. The lowest BCUT2D eigenvalue weighted by Crippen LogP contribution is -2.15. The first-order valence-corrected chi connectivity index (χ1v) is 4.95. The van der Waals surface area contributed by atoms with E-state index in [2.05, 4.69) is 15.0 Å². The Kier molecular flexibility index (Phi) is 1.94. The molecule has 2 heterocycles. The van der Waals surface area contributed by atoms with Crippen LogP contribution in [0.5, 0.6) is 0 Å². The summed E-state index contributed by atoms with van der Waals surface area (Å²) in [5.74, 6) is 0.653. The van der Waals surface area contributed by atoms with Crippen molar-refractivity contribution in [1.82, 2.24) is 15.0 Å². The van der Waals surface area contributed by atoms with Crippen LogP contribution >= 0.6 is 0 Å². The Labute approximate surface area is 95.1 Å². The van der Waals surface area contributed by atoms with E-state index in [0.717, 1.165) is 11.0 Å². The summed E-state index contributed by atoms with van der Waals surface area (Å²) in [4.78, 5) is 21.0. The molecule has 0 atom stereocenters. The van der Waals surface area contributed by atoms with E-state index in [1.165, 1.54) is 0 Å². The van der Waals surface area contributed by atoms with Crippen LogP contribution in [0, 0.1) is 0 Å². The molecule has 3 N–H and O–H groups in total. The number of hydrogen-bond donors (Lipinski definition) is 2. The minimum absolute atomic E-state index is 0.0794. The monoisotopic (exact) mass is 228 g/mol. The third-order valence-electron chi connectivity index (χ3n) is 2.33. The molecule has 0 fully saturated rings. The van der Waals surface area contributed by atoms with Crippen molar-refractivity contribution in [2.24, 2.45) is 0 Å². The van der Waals surface area contributed by atoms with Gasteiger partial charge < -0.3 is 10.2 Å². The Morgan fingerprint density at radius 2 is 2.06 bits per heavy atom. The first kappa shape index (κ1) is 9.59. The first-order chi connectivity index (χ1) is 8.22. The number of hydrogen-bond acceptors (Lipinski definition) is 5. The van der Waals surface area contributed by atoms with Gasteiger partial charge in [-0.2, -0.15) is 9.97 Å². The first-order valence-electron chi connectivity index (χ1n) is 4.95. The van der Waals surface area contributed by atoms with Crippen molar-refractivity contribution in [3.05, 3.63) is 40.8 Å².